The third-order valence-electron chi connectivity index (χ3n) is 5.03. The van der Waals surface area contributed by atoms with E-state index in [1.54, 1.807) is 16.8 Å². The summed E-state index contributed by atoms with van der Waals surface area (Å²) in [5.74, 6) is -0.266. The lowest BCUT2D eigenvalue weighted by Crippen LogP contribution is -2.40. The molecule has 1 saturated heterocycles. The number of hydrogen-bond acceptors (Lipinski definition) is 4. The maximum absolute atomic E-state index is 13.3. The van der Waals surface area contributed by atoms with Gasteiger partial charge in [-0.25, -0.2) is 9.07 Å². The molecule has 0 saturated carbocycles. The molecule has 1 aliphatic rings. The van der Waals surface area contributed by atoms with Crippen LogP contribution >= 0.6 is 11.6 Å². The van der Waals surface area contributed by atoms with Crippen molar-refractivity contribution in [3.63, 3.8) is 0 Å². The summed E-state index contributed by atoms with van der Waals surface area (Å²) in [4.78, 5) is 2.40. The van der Waals surface area contributed by atoms with Gasteiger partial charge in [0.2, 0.25) is 0 Å². The molecule has 0 radical (unpaired) electrons. The summed E-state index contributed by atoms with van der Waals surface area (Å²) in [5.41, 5.74) is 3.57. The lowest BCUT2D eigenvalue weighted by molar-refractivity contribution is 0.0384. The molecule has 2 aromatic carbocycles. The van der Waals surface area contributed by atoms with Gasteiger partial charge in [0, 0.05) is 50.0 Å². The average molecular weight is 415 g/mol. The molecule has 152 valence electrons. The van der Waals surface area contributed by atoms with Crippen LogP contribution in [0.5, 0.6) is 0 Å². The van der Waals surface area contributed by atoms with Crippen LogP contribution in [-0.4, -0.2) is 54.1 Å². The van der Waals surface area contributed by atoms with Crippen LogP contribution in [0.25, 0.3) is 16.9 Å². The Morgan fingerprint density at radius 3 is 2.59 bits per heavy atom. The van der Waals surface area contributed by atoms with Crippen molar-refractivity contribution in [3.05, 3.63) is 71.1 Å². The van der Waals surface area contributed by atoms with Crippen molar-refractivity contribution in [3.8, 4) is 16.9 Å². The Bertz CT molecular complexity index is 938. The largest absolute Gasteiger partial charge is 0.379 e. The van der Waals surface area contributed by atoms with Crippen LogP contribution in [0.3, 0.4) is 0 Å². The minimum absolute atomic E-state index is 0.266. The lowest BCUT2D eigenvalue weighted by Gasteiger charge is -2.26. The first-order chi connectivity index (χ1) is 14.2. The van der Waals surface area contributed by atoms with E-state index in [1.165, 1.54) is 12.1 Å². The van der Waals surface area contributed by atoms with Crippen LogP contribution in [0, 0.1) is 5.82 Å². The van der Waals surface area contributed by atoms with Gasteiger partial charge in [-0.1, -0.05) is 29.8 Å². The predicted octanol–water partition coefficient (Wildman–Crippen LogP) is 3.75. The molecule has 1 aromatic heterocycles. The second-order valence-electron chi connectivity index (χ2n) is 7.03. The maximum Gasteiger partial charge on any atom is 0.123 e. The smallest absolute Gasteiger partial charge is 0.123 e. The van der Waals surface area contributed by atoms with Gasteiger partial charge in [-0.15, -0.1) is 0 Å². The third kappa shape index (κ3) is 5.03. The number of rotatable bonds is 7. The minimum atomic E-state index is -0.266. The number of halogens is 2. The Morgan fingerprint density at radius 1 is 1.07 bits per heavy atom. The molecule has 0 amide bonds. The highest BCUT2D eigenvalue weighted by molar-refractivity contribution is 6.33. The summed E-state index contributed by atoms with van der Waals surface area (Å²) in [6.45, 7) is 6.11. The van der Waals surface area contributed by atoms with Gasteiger partial charge in [0.1, 0.15) is 5.82 Å². The van der Waals surface area contributed by atoms with E-state index >= 15 is 0 Å². The van der Waals surface area contributed by atoms with E-state index in [4.69, 9.17) is 21.4 Å². The number of ether oxygens (including phenoxy) is 1. The number of morpholine rings is 1. The third-order valence-corrected chi connectivity index (χ3v) is 5.36. The predicted molar refractivity (Wildman–Crippen MR) is 113 cm³/mol. The minimum Gasteiger partial charge on any atom is -0.379 e. The normalized spacial score (nSPS) is 15.0. The summed E-state index contributed by atoms with van der Waals surface area (Å²) in [7, 11) is 0. The SMILES string of the molecule is Fc1ccc(-n2cc(CNCCN3CCOCC3)c(-c3ccccc3Cl)n2)cc1. The zero-order valence-corrected chi connectivity index (χ0v) is 16.9. The fraction of sp³-hybridized carbons (Fsp3) is 0.318. The fourth-order valence-corrected chi connectivity index (χ4v) is 3.66. The van der Waals surface area contributed by atoms with Crippen molar-refractivity contribution in [2.24, 2.45) is 0 Å². The quantitative estimate of drug-likeness (QED) is 0.598. The summed E-state index contributed by atoms with van der Waals surface area (Å²) >= 11 is 6.43. The highest BCUT2D eigenvalue weighted by atomic mass is 35.5. The molecular weight excluding hydrogens is 391 g/mol. The molecule has 1 aliphatic heterocycles. The van der Waals surface area contributed by atoms with Crippen LogP contribution in [0.1, 0.15) is 5.56 Å². The first kappa shape index (κ1) is 20.0. The number of aromatic nitrogens is 2. The lowest BCUT2D eigenvalue weighted by atomic mass is 10.1. The molecule has 5 nitrogen and oxygen atoms in total. The van der Waals surface area contributed by atoms with E-state index < -0.39 is 0 Å². The molecule has 2 heterocycles. The van der Waals surface area contributed by atoms with E-state index in [0.29, 0.717) is 11.6 Å². The summed E-state index contributed by atoms with van der Waals surface area (Å²) < 4.78 is 20.5. The van der Waals surface area contributed by atoms with Crippen LogP contribution < -0.4 is 5.32 Å². The van der Waals surface area contributed by atoms with Gasteiger partial charge < -0.3 is 10.1 Å². The molecule has 0 aliphatic carbocycles. The van der Waals surface area contributed by atoms with Gasteiger partial charge in [-0.3, -0.25) is 4.90 Å². The molecule has 1 fully saturated rings. The molecule has 0 spiro atoms. The summed E-state index contributed by atoms with van der Waals surface area (Å²) in [5, 5.41) is 8.92. The van der Waals surface area contributed by atoms with Crippen molar-refractivity contribution < 1.29 is 9.13 Å². The molecule has 0 atom stereocenters. The molecule has 7 heteroatoms. The van der Waals surface area contributed by atoms with Crippen molar-refractivity contribution in [1.82, 2.24) is 20.0 Å². The second-order valence-corrected chi connectivity index (χ2v) is 7.44. The Kier molecular flexibility index (Phi) is 6.56. The Balaban J connectivity index is 1.52. The average Bonchev–Trinajstić information content (AvgIpc) is 3.17. The zero-order valence-electron chi connectivity index (χ0n) is 16.2. The van der Waals surface area contributed by atoms with Crippen molar-refractivity contribution >= 4 is 11.6 Å². The van der Waals surface area contributed by atoms with E-state index in [-0.39, 0.29) is 5.82 Å². The summed E-state index contributed by atoms with van der Waals surface area (Å²) in [6.07, 6.45) is 1.98. The van der Waals surface area contributed by atoms with Gasteiger partial charge in [-0.05, 0) is 30.3 Å². The second kappa shape index (κ2) is 9.50. The highest BCUT2D eigenvalue weighted by Gasteiger charge is 2.15. The highest BCUT2D eigenvalue weighted by Crippen LogP contribution is 2.30. The zero-order chi connectivity index (χ0) is 20.1. The number of nitrogens with zero attached hydrogens (tertiary/aromatic N) is 3. The van der Waals surface area contributed by atoms with E-state index in [9.17, 15) is 4.39 Å². The monoisotopic (exact) mass is 414 g/mol. The van der Waals surface area contributed by atoms with E-state index in [0.717, 1.165) is 61.9 Å². The van der Waals surface area contributed by atoms with Crippen LogP contribution in [0.4, 0.5) is 4.39 Å². The van der Waals surface area contributed by atoms with Gasteiger partial charge in [0.05, 0.1) is 29.6 Å². The Morgan fingerprint density at radius 2 is 1.83 bits per heavy atom. The molecule has 4 rings (SSSR count). The summed E-state index contributed by atoms with van der Waals surface area (Å²) in [6, 6.07) is 14.0. The van der Waals surface area contributed by atoms with Crippen molar-refractivity contribution in [2.75, 3.05) is 39.4 Å². The van der Waals surface area contributed by atoms with Gasteiger partial charge in [-0.2, -0.15) is 5.10 Å². The van der Waals surface area contributed by atoms with Crippen LogP contribution in [-0.2, 0) is 11.3 Å². The molecular formula is C22H24ClFN4O. The van der Waals surface area contributed by atoms with E-state index in [1.807, 2.05) is 30.5 Å². The van der Waals surface area contributed by atoms with Crippen molar-refractivity contribution in [1.29, 1.82) is 0 Å². The number of nitrogens with one attached hydrogen (secondary N) is 1. The number of hydrogen-bond donors (Lipinski definition) is 1. The van der Waals surface area contributed by atoms with Gasteiger partial charge in [0.25, 0.3) is 0 Å². The molecule has 29 heavy (non-hydrogen) atoms. The Labute approximate surface area is 175 Å². The van der Waals surface area contributed by atoms with E-state index in [2.05, 4.69) is 10.2 Å². The fourth-order valence-electron chi connectivity index (χ4n) is 3.43. The molecule has 1 N–H and O–H groups in total. The van der Waals surface area contributed by atoms with Gasteiger partial charge >= 0.3 is 0 Å². The molecule has 3 aromatic rings. The first-order valence-electron chi connectivity index (χ1n) is 9.81. The van der Waals surface area contributed by atoms with Crippen LogP contribution in [0.2, 0.25) is 5.02 Å². The topological polar surface area (TPSA) is 42.3 Å². The maximum atomic E-state index is 13.3. The van der Waals surface area contributed by atoms with Gasteiger partial charge in [0.15, 0.2) is 0 Å². The number of benzene rings is 2. The Hall–Kier alpha value is -2.25. The molecule has 0 unspecified atom stereocenters. The first-order valence-corrected chi connectivity index (χ1v) is 10.2. The van der Waals surface area contributed by atoms with Crippen molar-refractivity contribution in [2.45, 2.75) is 6.54 Å². The molecule has 0 bridgehead atoms. The van der Waals surface area contributed by atoms with Crippen LogP contribution in [0.15, 0.2) is 54.7 Å². The standard InChI is InChI=1S/C22H24ClFN4O/c23-21-4-2-1-3-20(21)22-17(15-25-9-10-27-11-13-29-14-12-27)16-28(26-22)19-7-5-18(24)6-8-19/h1-8,16,25H,9-15H2.